The molecule has 5 nitrogen and oxygen atoms in total. The zero-order valence-corrected chi connectivity index (χ0v) is 12.2. The molecule has 21 heavy (non-hydrogen) atoms. The summed E-state index contributed by atoms with van der Waals surface area (Å²) in [6, 6.07) is 7.58. The van der Waals surface area contributed by atoms with Gasteiger partial charge in [-0.2, -0.15) is 0 Å². The number of amides is 1. The SMILES string of the molecule is Cc1ccc(NC(=O)c2c(C)nc3c(C)cccn23)nc1. The molecule has 0 aromatic carbocycles. The number of carbonyl (C=O) groups is 1. The summed E-state index contributed by atoms with van der Waals surface area (Å²) >= 11 is 0. The van der Waals surface area contributed by atoms with Gasteiger partial charge in [0.15, 0.2) is 0 Å². The van der Waals surface area contributed by atoms with E-state index in [0.29, 0.717) is 17.2 Å². The molecule has 0 fully saturated rings. The Balaban J connectivity index is 2.00. The van der Waals surface area contributed by atoms with Crippen LogP contribution in [0.15, 0.2) is 36.7 Å². The van der Waals surface area contributed by atoms with E-state index in [-0.39, 0.29) is 5.91 Å². The number of carbonyl (C=O) groups excluding carboxylic acids is 1. The van der Waals surface area contributed by atoms with Gasteiger partial charge in [0.1, 0.15) is 17.2 Å². The van der Waals surface area contributed by atoms with Gasteiger partial charge in [-0.3, -0.25) is 9.20 Å². The van der Waals surface area contributed by atoms with Gasteiger partial charge in [0.25, 0.3) is 5.91 Å². The first-order valence-electron chi connectivity index (χ1n) is 6.74. The van der Waals surface area contributed by atoms with Crippen LogP contribution in [0.2, 0.25) is 0 Å². The molecule has 3 rings (SSSR count). The Hall–Kier alpha value is -2.69. The molecule has 3 heterocycles. The van der Waals surface area contributed by atoms with E-state index in [1.807, 2.05) is 49.6 Å². The molecule has 1 amide bonds. The topological polar surface area (TPSA) is 59.3 Å². The third-order valence-electron chi connectivity index (χ3n) is 3.39. The van der Waals surface area contributed by atoms with Crippen molar-refractivity contribution in [2.75, 3.05) is 5.32 Å². The first-order chi connectivity index (χ1) is 10.1. The monoisotopic (exact) mass is 280 g/mol. The smallest absolute Gasteiger partial charge is 0.275 e. The Bertz CT molecular complexity index is 818. The van der Waals surface area contributed by atoms with E-state index in [9.17, 15) is 4.79 Å². The number of nitrogens with one attached hydrogen (secondary N) is 1. The molecular formula is C16H16N4O. The Morgan fingerprint density at radius 1 is 1.19 bits per heavy atom. The number of aromatic nitrogens is 3. The van der Waals surface area contributed by atoms with E-state index < -0.39 is 0 Å². The van der Waals surface area contributed by atoms with Crippen LogP contribution in [-0.2, 0) is 0 Å². The maximum absolute atomic E-state index is 12.5. The number of imidazole rings is 1. The summed E-state index contributed by atoms with van der Waals surface area (Å²) in [5.41, 5.74) is 4.13. The van der Waals surface area contributed by atoms with Gasteiger partial charge >= 0.3 is 0 Å². The molecule has 1 N–H and O–H groups in total. The molecule has 106 valence electrons. The van der Waals surface area contributed by atoms with Crippen LogP contribution in [0.4, 0.5) is 5.82 Å². The van der Waals surface area contributed by atoms with E-state index >= 15 is 0 Å². The summed E-state index contributed by atoms with van der Waals surface area (Å²) in [6.07, 6.45) is 3.57. The van der Waals surface area contributed by atoms with E-state index in [4.69, 9.17) is 0 Å². The molecule has 0 atom stereocenters. The van der Waals surface area contributed by atoms with Gasteiger partial charge < -0.3 is 5.32 Å². The van der Waals surface area contributed by atoms with Crippen LogP contribution in [0.25, 0.3) is 5.65 Å². The minimum Gasteiger partial charge on any atom is -0.305 e. The molecule has 0 saturated heterocycles. The molecule has 0 bridgehead atoms. The standard InChI is InChI=1S/C16H16N4O/c1-10-6-7-13(17-9-10)19-16(21)14-12(3)18-15-11(2)5-4-8-20(14)15/h4-9H,1-3H3,(H,17,19,21). The third-order valence-corrected chi connectivity index (χ3v) is 3.39. The minimum absolute atomic E-state index is 0.207. The second-order valence-electron chi connectivity index (χ2n) is 5.11. The summed E-state index contributed by atoms with van der Waals surface area (Å²) in [4.78, 5) is 21.2. The zero-order chi connectivity index (χ0) is 15.0. The number of fused-ring (bicyclic) bond motifs is 1. The van der Waals surface area contributed by atoms with Crippen molar-refractivity contribution in [3.05, 3.63) is 59.2 Å². The predicted molar refractivity (Wildman–Crippen MR) is 81.6 cm³/mol. The maximum atomic E-state index is 12.5. The van der Waals surface area contributed by atoms with Gasteiger partial charge in [-0.1, -0.05) is 12.1 Å². The van der Waals surface area contributed by atoms with E-state index in [0.717, 1.165) is 16.8 Å². The fourth-order valence-electron chi connectivity index (χ4n) is 2.31. The molecule has 5 heteroatoms. The normalized spacial score (nSPS) is 10.8. The molecule has 3 aromatic rings. The first-order valence-corrected chi connectivity index (χ1v) is 6.74. The highest BCUT2D eigenvalue weighted by atomic mass is 16.2. The Labute approximate surface area is 122 Å². The van der Waals surface area contributed by atoms with Crippen molar-refractivity contribution < 1.29 is 4.79 Å². The van der Waals surface area contributed by atoms with Crippen molar-refractivity contribution in [1.29, 1.82) is 0 Å². The highest BCUT2D eigenvalue weighted by Gasteiger charge is 2.17. The number of aryl methyl sites for hydroxylation is 3. The van der Waals surface area contributed by atoms with Crippen LogP contribution in [0, 0.1) is 20.8 Å². The van der Waals surface area contributed by atoms with Gasteiger partial charge in [-0.15, -0.1) is 0 Å². The highest BCUT2D eigenvalue weighted by Crippen LogP contribution is 2.16. The average molecular weight is 280 g/mol. The Kier molecular flexibility index (Phi) is 3.17. The van der Waals surface area contributed by atoms with Crippen molar-refractivity contribution in [2.24, 2.45) is 0 Å². The second-order valence-corrected chi connectivity index (χ2v) is 5.11. The summed E-state index contributed by atoms with van der Waals surface area (Å²) in [5.74, 6) is 0.328. The van der Waals surface area contributed by atoms with Crippen molar-refractivity contribution in [3.8, 4) is 0 Å². The summed E-state index contributed by atoms with van der Waals surface area (Å²) in [7, 11) is 0. The van der Waals surface area contributed by atoms with Gasteiger partial charge in [0.2, 0.25) is 0 Å². The van der Waals surface area contributed by atoms with Crippen molar-refractivity contribution in [3.63, 3.8) is 0 Å². The number of hydrogen-bond donors (Lipinski definition) is 1. The number of rotatable bonds is 2. The number of hydrogen-bond acceptors (Lipinski definition) is 3. The summed E-state index contributed by atoms with van der Waals surface area (Å²) in [6.45, 7) is 5.77. The Morgan fingerprint density at radius 2 is 2.00 bits per heavy atom. The summed E-state index contributed by atoms with van der Waals surface area (Å²) in [5, 5.41) is 2.81. The lowest BCUT2D eigenvalue weighted by atomic mass is 10.3. The average Bonchev–Trinajstić information content (AvgIpc) is 2.79. The van der Waals surface area contributed by atoms with Crippen LogP contribution in [-0.4, -0.2) is 20.3 Å². The lowest BCUT2D eigenvalue weighted by Gasteiger charge is -2.06. The lowest BCUT2D eigenvalue weighted by Crippen LogP contribution is -2.16. The molecule has 0 aliphatic rings. The second kappa shape index (κ2) is 5.01. The van der Waals surface area contributed by atoms with Crippen LogP contribution in [0.1, 0.15) is 27.3 Å². The quantitative estimate of drug-likeness (QED) is 0.785. The van der Waals surface area contributed by atoms with Gasteiger partial charge in [0.05, 0.1) is 5.69 Å². The van der Waals surface area contributed by atoms with Crippen molar-refractivity contribution >= 4 is 17.4 Å². The molecule has 0 saturated carbocycles. The van der Waals surface area contributed by atoms with Crippen LogP contribution < -0.4 is 5.32 Å². The van der Waals surface area contributed by atoms with Crippen LogP contribution in [0.3, 0.4) is 0 Å². The van der Waals surface area contributed by atoms with Crippen molar-refractivity contribution in [1.82, 2.24) is 14.4 Å². The molecule has 0 radical (unpaired) electrons. The summed E-state index contributed by atoms with van der Waals surface area (Å²) < 4.78 is 1.81. The highest BCUT2D eigenvalue weighted by molar-refractivity contribution is 6.04. The Morgan fingerprint density at radius 3 is 2.71 bits per heavy atom. The van der Waals surface area contributed by atoms with E-state index in [1.54, 1.807) is 12.3 Å². The van der Waals surface area contributed by atoms with E-state index in [2.05, 4.69) is 15.3 Å². The molecule has 0 aliphatic carbocycles. The van der Waals surface area contributed by atoms with Gasteiger partial charge in [-0.05, 0) is 44.0 Å². The van der Waals surface area contributed by atoms with E-state index in [1.165, 1.54) is 0 Å². The fourth-order valence-corrected chi connectivity index (χ4v) is 2.31. The first kappa shape index (κ1) is 13.3. The molecule has 0 spiro atoms. The predicted octanol–water partition coefficient (Wildman–Crippen LogP) is 2.91. The molecular weight excluding hydrogens is 264 g/mol. The van der Waals surface area contributed by atoms with Crippen LogP contribution >= 0.6 is 0 Å². The molecule has 0 aliphatic heterocycles. The number of nitrogens with zero attached hydrogens (tertiary/aromatic N) is 3. The van der Waals surface area contributed by atoms with Crippen LogP contribution in [0.5, 0.6) is 0 Å². The minimum atomic E-state index is -0.207. The lowest BCUT2D eigenvalue weighted by molar-refractivity contribution is 0.102. The zero-order valence-electron chi connectivity index (χ0n) is 12.2. The third kappa shape index (κ3) is 2.38. The largest absolute Gasteiger partial charge is 0.305 e. The number of anilines is 1. The fraction of sp³-hybridized carbons (Fsp3) is 0.188. The van der Waals surface area contributed by atoms with Crippen molar-refractivity contribution in [2.45, 2.75) is 20.8 Å². The molecule has 0 unspecified atom stereocenters. The van der Waals surface area contributed by atoms with Gasteiger partial charge in [-0.25, -0.2) is 9.97 Å². The maximum Gasteiger partial charge on any atom is 0.275 e. The number of pyridine rings is 2. The van der Waals surface area contributed by atoms with Gasteiger partial charge in [0, 0.05) is 12.4 Å². The molecule has 3 aromatic heterocycles.